The van der Waals surface area contributed by atoms with E-state index in [2.05, 4.69) is 29.9 Å². The molecular formula is C23H31N10O8P2S+. The van der Waals surface area contributed by atoms with Gasteiger partial charge in [-0.25, -0.2) is 29.9 Å². The largest absolute Gasteiger partial charge is 0.697 e. The summed E-state index contributed by atoms with van der Waals surface area (Å²) in [5.41, 5.74) is 12.6. The second-order valence-electron chi connectivity index (χ2n) is 10.2. The Morgan fingerprint density at radius 3 is 2.32 bits per heavy atom. The van der Waals surface area contributed by atoms with Crippen LogP contribution in [0.3, 0.4) is 0 Å². The molecule has 44 heavy (non-hydrogen) atoms. The maximum atomic E-state index is 13.2. The molecule has 2 aliphatic heterocycles. The first kappa shape index (κ1) is 31.2. The van der Waals surface area contributed by atoms with Crippen LogP contribution in [0.4, 0.5) is 11.6 Å². The van der Waals surface area contributed by atoms with Crippen LogP contribution in [0, 0.1) is 0 Å². The molecule has 0 aromatic carbocycles. The maximum Gasteiger partial charge on any atom is 0.697 e. The van der Waals surface area contributed by atoms with Crippen molar-refractivity contribution in [2.24, 2.45) is 0 Å². The molecule has 0 radical (unpaired) electrons. The summed E-state index contributed by atoms with van der Waals surface area (Å²) in [4.78, 5) is 35.4. The Balaban J connectivity index is 1.13. The van der Waals surface area contributed by atoms with E-state index in [-0.39, 0.29) is 43.6 Å². The number of anilines is 2. The Morgan fingerprint density at radius 2 is 1.70 bits per heavy atom. The number of nitrogens with zero attached hydrogens (tertiary/aromatic N) is 8. The highest BCUT2D eigenvalue weighted by atomic mass is 32.5. The summed E-state index contributed by atoms with van der Waals surface area (Å²) in [6.45, 7) is -1.87. The molecule has 4 aromatic rings. The lowest BCUT2D eigenvalue weighted by Crippen LogP contribution is -2.44. The number of rotatable bonds is 12. The van der Waals surface area contributed by atoms with Crippen LogP contribution >= 0.6 is 15.0 Å². The van der Waals surface area contributed by atoms with Gasteiger partial charge in [0.1, 0.15) is 48.4 Å². The Bertz CT molecular complexity index is 1730. The highest BCUT2D eigenvalue weighted by Gasteiger charge is 2.54. The smallest absolute Gasteiger partial charge is 0.382 e. The van der Waals surface area contributed by atoms with E-state index >= 15 is 0 Å². The van der Waals surface area contributed by atoms with Gasteiger partial charge in [-0.1, -0.05) is 6.92 Å². The first-order valence-corrected chi connectivity index (χ1v) is 17.3. The molecule has 0 spiro atoms. The minimum Gasteiger partial charge on any atom is -0.382 e. The topological polar surface area (TPSA) is 232 Å². The number of fused-ring (bicyclic) bond motifs is 2. The zero-order valence-electron chi connectivity index (χ0n) is 23.7. The third-order valence-corrected chi connectivity index (χ3v) is 10.2. The van der Waals surface area contributed by atoms with Crippen LogP contribution in [0.5, 0.6) is 0 Å². The van der Waals surface area contributed by atoms with Gasteiger partial charge in [0.25, 0.3) is 0 Å². The first-order valence-electron chi connectivity index (χ1n) is 13.6. The highest BCUT2D eigenvalue weighted by molar-refractivity contribution is 8.07. The standard InChI is InChI=1S/C23H30N10O8P2S/c1-3-23(8-38-43(35,44)36-2)14(6-16(40-23)33-12-31-18-20(25)27-10-29-22(18)33)41-42(34)37-7-13-4-5-15(39-13)32-11-30-17-19(24)26-9-28-21(17)32/h9-16H,3-8H2,1-2H3,(H4-,24,25,26,27,28,29,35,44)/p+1/t13-,14-,15+,16+,23+,43?/m0/s1. The molecule has 5 N–H and O–H groups in total. The van der Waals surface area contributed by atoms with Crippen molar-refractivity contribution in [3.8, 4) is 0 Å². The minimum atomic E-state index is -3.54. The lowest BCUT2D eigenvalue weighted by molar-refractivity contribution is -0.121. The van der Waals surface area contributed by atoms with Gasteiger partial charge in [0.2, 0.25) is 0 Å². The normalized spacial score (nSPS) is 27.3. The van der Waals surface area contributed by atoms with Gasteiger partial charge in [-0.05, 0) is 31.1 Å². The molecule has 18 nitrogen and oxygen atoms in total. The number of aromatic nitrogens is 8. The number of nitrogen functional groups attached to an aromatic ring is 2. The van der Waals surface area contributed by atoms with Crippen LogP contribution < -0.4 is 11.5 Å². The van der Waals surface area contributed by atoms with Gasteiger partial charge in [0.05, 0.1) is 25.4 Å². The molecule has 6 heterocycles. The number of imidazole rings is 2. The zero-order valence-corrected chi connectivity index (χ0v) is 26.3. The molecule has 0 saturated carbocycles. The SMILES string of the molecule is CC[C@]1(COP(O)(=S)OC)O[C@@H](n2cnc3c(N)ncnc32)C[C@@H]1O[P+](=O)OC[C@@H]1CC[C@H](n2cnc3c(N)ncnc32)O1. The Hall–Kier alpha value is -2.83. The predicted molar refractivity (Wildman–Crippen MR) is 158 cm³/mol. The van der Waals surface area contributed by atoms with E-state index in [1.807, 2.05) is 6.92 Å². The van der Waals surface area contributed by atoms with E-state index in [0.29, 0.717) is 41.6 Å². The minimum absolute atomic E-state index is 0.0194. The molecule has 7 atom stereocenters. The molecule has 21 heteroatoms. The fourth-order valence-corrected chi connectivity index (χ4v) is 6.82. The van der Waals surface area contributed by atoms with Crippen molar-refractivity contribution in [1.82, 2.24) is 39.0 Å². The van der Waals surface area contributed by atoms with Crippen LogP contribution in [-0.2, 0) is 43.9 Å². The third-order valence-electron chi connectivity index (χ3n) is 7.73. The maximum absolute atomic E-state index is 13.2. The highest BCUT2D eigenvalue weighted by Crippen LogP contribution is 2.50. The summed E-state index contributed by atoms with van der Waals surface area (Å²) in [5.74, 6) is 0.504. The Kier molecular flexibility index (Phi) is 8.87. The first-order chi connectivity index (χ1) is 21.1. The van der Waals surface area contributed by atoms with Gasteiger partial charge < -0.3 is 34.9 Å². The molecule has 2 saturated heterocycles. The van der Waals surface area contributed by atoms with Gasteiger partial charge in [0, 0.05) is 18.1 Å². The van der Waals surface area contributed by atoms with Crippen molar-refractivity contribution in [3.05, 3.63) is 25.3 Å². The number of ether oxygens (including phenoxy) is 2. The predicted octanol–water partition coefficient (Wildman–Crippen LogP) is 2.51. The van der Waals surface area contributed by atoms with Gasteiger partial charge in [-0.3, -0.25) is 9.13 Å². The summed E-state index contributed by atoms with van der Waals surface area (Å²) in [5, 5.41) is 0. The van der Waals surface area contributed by atoms with E-state index in [9.17, 15) is 9.46 Å². The van der Waals surface area contributed by atoms with Crippen molar-refractivity contribution in [2.45, 2.75) is 62.9 Å². The van der Waals surface area contributed by atoms with Crippen molar-refractivity contribution < 1.29 is 37.0 Å². The van der Waals surface area contributed by atoms with Crippen LogP contribution in [-0.4, -0.2) is 82.1 Å². The van der Waals surface area contributed by atoms with E-state index in [0.717, 1.165) is 0 Å². The van der Waals surface area contributed by atoms with Crippen molar-refractivity contribution >= 4 is 60.7 Å². The summed E-state index contributed by atoms with van der Waals surface area (Å²) >= 11 is 5.03. The van der Waals surface area contributed by atoms with Gasteiger partial charge in [-0.15, -0.1) is 9.05 Å². The van der Waals surface area contributed by atoms with Gasteiger partial charge in [-0.2, -0.15) is 0 Å². The van der Waals surface area contributed by atoms with Crippen molar-refractivity contribution in [2.75, 3.05) is 31.8 Å². The molecule has 0 amide bonds. The fourth-order valence-electron chi connectivity index (χ4n) is 5.34. The molecular weight excluding hydrogens is 638 g/mol. The van der Waals surface area contributed by atoms with Crippen LogP contribution in [0.15, 0.2) is 25.3 Å². The molecule has 6 rings (SSSR count). The summed E-state index contributed by atoms with van der Waals surface area (Å²) < 4.78 is 51.3. The fraction of sp³-hybridized carbons (Fsp3) is 0.565. The lowest BCUT2D eigenvalue weighted by Gasteiger charge is -2.31. The zero-order chi connectivity index (χ0) is 31.1. The second kappa shape index (κ2) is 12.5. The van der Waals surface area contributed by atoms with E-state index < -0.39 is 32.9 Å². The Labute approximate surface area is 256 Å². The molecule has 0 aliphatic carbocycles. The van der Waals surface area contributed by atoms with Crippen LogP contribution in [0.2, 0.25) is 0 Å². The molecule has 236 valence electrons. The quantitative estimate of drug-likeness (QED) is 0.184. The average Bonchev–Trinajstić information content (AvgIpc) is 3.81. The molecule has 2 unspecified atom stereocenters. The molecule has 2 fully saturated rings. The van der Waals surface area contributed by atoms with E-state index in [1.165, 1.54) is 26.1 Å². The third kappa shape index (κ3) is 6.04. The molecule has 2 aliphatic rings. The Morgan fingerprint density at radius 1 is 1.07 bits per heavy atom. The summed E-state index contributed by atoms with van der Waals surface area (Å²) in [6, 6.07) is 0. The summed E-state index contributed by atoms with van der Waals surface area (Å²) in [7, 11) is -1.37. The molecule has 0 bridgehead atoms. The van der Waals surface area contributed by atoms with E-state index in [1.54, 1.807) is 15.5 Å². The van der Waals surface area contributed by atoms with E-state index in [4.69, 9.17) is 50.8 Å². The van der Waals surface area contributed by atoms with Crippen molar-refractivity contribution in [3.63, 3.8) is 0 Å². The number of hydrogen-bond acceptors (Lipinski definition) is 16. The van der Waals surface area contributed by atoms with Gasteiger partial charge >= 0.3 is 15.0 Å². The second-order valence-corrected chi connectivity index (χ2v) is 14.1. The van der Waals surface area contributed by atoms with Gasteiger partial charge in [0.15, 0.2) is 29.0 Å². The lowest BCUT2D eigenvalue weighted by atomic mass is 9.95. The number of nitrogens with two attached hydrogens (primary N) is 2. The average molecular weight is 670 g/mol. The number of hydrogen-bond donors (Lipinski definition) is 3. The monoisotopic (exact) mass is 669 g/mol. The van der Waals surface area contributed by atoms with Crippen LogP contribution in [0.25, 0.3) is 22.3 Å². The summed E-state index contributed by atoms with van der Waals surface area (Å²) in [6.07, 6.45) is 5.55. The van der Waals surface area contributed by atoms with Crippen molar-refractivity contribution in [1.29, 1.82) is 0 Å². The van der Waals surface area contributed by atoms with Crippen LogP contribution in [0.1, 0.15) is 45.1 Å². The molecule has 4 aromatic heterocycles.